The first-order chi connectivity index (χ1) is 9.60. The minimum Gasteiger partial charge on any atom is -0.454 e. The summed E-state index contributed by atoms with van der Waals surface area (Å²) in [6.07, 6.45) is 1.03. The molecule has 0 spiro atoms. The second-order valence-electron chi connectivity index (χ2n) is 5.29. The van der Waals surface area contributed by atoms with Crippen LogP contribution in [0.4, 0.5) is 0 Å². The third-order valence-electron chi connectivity index (χ3n) is 3.43. The average molecular weight is 279 g/mol. The Morgan fingerprint density at radius 1 is 1.35 bits per heavy atom. The van der Waals surface area contributed by atoms with E-state index in [9.17, 15) is 9.90 Å². The number of ether oxygens (including phenoxy) is 2. The van der Waals surface area contributed by atoms with E-state index in [4.69, 9.17) is 9.47 Å². The lowest BCUT2D eigenvalue weighted by molar-refractivity contribution is -0.122. The third kappa shape index (κ3) is 3.63. The van der Waals surface area contributed by atoms with Gasteiger partial charge in [-0.2, -0.15) is 0 Å². The molecular weight excluding hydrogens is 258 g/mol. The molecule has 0 radical (unpaired) electrons. The van der Waals surface area contributed by atoms with Crippen LogP contribution in [0, 0.1) is 5.92 Å². The molecule has 1 amide bonds. The largest absolute Gasteiger partial charge is 0.454 e. The van der Waals surface area contributed by atoms with E-state index < -0.39 is 0 Å². The molecule has 0 saturated carbocycles. The van der Waals surface area contributed by atoms with Crippen molar-refractivity contribution >= 4 is 5.91 Å². The van der Waals surface area contributed by atoms with E-state index in [2.05, 4.69) is 5.32 Å². The number of hydrogen-bond donors (Lipinski definition) is 2. The first-order valence-corrected chi connectivity index (χ1v) is 6.89. The van der Waals surface area contributed by atoms with Gasteiger partial charge in [0.2, 0.25) is 12.7 Å². The van der Waals surface area contributed by atoms with Crippen molar-refractivity contribution in [2.24, 2.45) is 5.92 Å². The van der Waals surface area contributed by atoms with Gasteiger partial charge in [-0.1, -0.05) is 19.9 Å². The second kappa shape index (κ2) is 6.61. The van der Waals surface area contributed by atoms with Crippen LogP contribution in [-0.4, -0.2) is 30.5 Å². The van der Waals surface area contributed by atoms with Gasteiger partial charge in [0.25, 0.3) is 0 Å². The number of carbonyl (C=O) groups excluding carboxylic acids is 1. The van der Waals surface area contributed by atoms with Crippen LogP contribution in [0.1, 0.15) is 25.8 Å². The summed E-state index contributed by atoms with van der Waals surface area (Å²) in [5, 5.41) is 12.0. The lowest BCUT2D eigenvalue weighted by Gasteiger charge is -2.19. The molecule has 2 rings (SSSR count). The summed E-state index contributed by atoms with van der Waals surface area (Å²) in [6, 6.07) is 5.52. The number of aryl methyl sites for hydroxylation is 1. The molecule has 0 fully saturated rings. The Kier molecular flexibility index (Phi) is 4.84. The molecule has 20 heavy (non-hydrogen) atoms. The molecule has 5 nitrogen and oxygen atoms in total. The van der Waals surface area contributed by atoms with Crippen LogP contribution < -0.4 is 14.8 Å². The van der Waals surface area contributed by atoms with Crippen LogP contribution in [0.2, 0.25) is 0 Å². The molecule has 110 valence electrons. The minimum absolute atomic E-state index is 0.0343. The number of nitrogens with one attached hydrogen (secondary N) is 1. The normalized spacial score (nSPS) is 14.4. The summed E-state index contributed by atoms with van der Waals surface area (Å²) in [5.74, 6) is 1.65. The number of carbonyl (C=O) groups is 1. The molecule has 1 atom stereocenters. The molecule has 0 aliphatic carbocycles. The first kappa shape index (κ1) is 14.7. The Bertz CT molecular complexity index is 473. The van der Waals surface area contributed by atoms with Gasteiger partial charge in [-0.25, -0.2) is 0 Å². The Hall–Kier alpha value is -1.75. The smallest absolute Gasteiger partial charge is 0.231 e. The number of hydrogen-bond acceptors (Lipinski definition) is 4. The maximum Gasteiger partial charge on any atom is 0.231 e. The fourth-order valence-corrected chi connectivity index (χ4v) is 2.06. The van der Waals surface area contributed by atoms with Crippen LogP contribution in [-0.2, 0) is 11.2 Å². The van der Waals surface area contributed by atoms with Crippen molar-refractivity contribution in [2.45, 2.75) is 32.7 Å². The maximum atomic E-state index is 11.8. The van der Waals surface area contributed by atoms with Gasteiger partial charge < -0.3 is 19.9 Å². The van der Waals surface area contributed by atoms with E-state index in [0.29, 0.717) is 12.8 Å². The van der Waals surface area contributed by atoms with Crippen molar-refractivity contribution in [1.29, 1.82) is 0 Å². The molecular formula is C15H21NO4. The summed E-state index contributed by atoms with van der Waals surface area (Å²) in [7, 11) is 0. The SMILES string of the molecule is CC(C)[C@@H](CO)NC(=O)CCc1ccc2c(c1)OCO2. The summed E-state index contributed by atoms with van der Waals surface area (Å²) < 4.78 is 10.5. The van der Waals surface area contributed by atoms with E-state index in [1.54, 1.807) is 0 Å². The molecule has 1 aliphatic rings. The summed E-state index contributed by atoms with van der Waals surface area (Å²) in [4.78, 5) is 11.8. The average Bonchev–Trinajstić information content (AvgIpc) is 2.89. The summed E-state index contributed by atoms with van der Waals surface area (Å²) >= 11 is 0. The highest BCUT2D eigenvalue weighted by atomic mass is 16.7. The topological polar surface area (TPSA) is 67.8 Å². The van der Waals surface area contributed by atoms with Crippen molar-refractivity contribution in [1.82, 2.24) is 5.32 Å². The lowest BCUT2D eigenvalue weighted by Crippen LogP contribution is -2.41. The van der Waals surface area contributed by atoms with Gasteiger partial charge in [-0.15, -0.1) is 0 Å². The number of benzene rings is 1. The number of aliphatic hydroxyl groups excluding tert-OH is 1. The zero-order valence-corrected chi connectivity index (χ0v) is 11.9. The van der Waals surface area contributed by atoms with Crippen molar-refractivity contribution in [3.05, 3.63) is 23.8 Å². The third-order valence-corrected chi connectivity index (χ3v) is 3.43. The quantitative estimate of drug-likeness (QED) is 0.827. The van der Waals surface area contributed by atoms with Crippen LogP contribution in [0.25, 0.3) is 0 Å². The Labute approximate surface area is 118 Å². The lowest BCUT2D eigenvalue weighted by atomic mass is 10.0. The van der Waals surface area contributed by atoms with E-state index in [1.165, 1.54) is 0 Å². The van der Waals surface area contributed by atoms with Gasteiger partial charge in [0.15, 0.2) is 11.5 Å². The van der Waals surface area contributed by atoms with Crippen LogP contribution in [0.3, 0.4) is 0 Å². The van der Waals surface area contributed by atoms with Crippen LogP contribution >= 0.6 is 0 Å². The Balaban J connectivity index is 1.84. The minimum atomic E-state index is -0.181. The summed E-state index contributed by atoms with van der Waals surface area (Å²) in [5.41, 5.74) is 1.04. The highest BCUT2D eigenvalue weighted by Gasteiger charge is 2.16. The maximum absolute atomic E-state index is 11.8. The van der Waals surface area contributed by atoms with E-state index in [0.717, 1.165) is 17.1 Å². The fraction of sp³-hybridized carbons (Fsp3) is 0.533. The molecule has 0 saturated heterocycles. The van der Waals surface area contributed by atoms with Crippen molar-refractivity contribution in [3.8, 4) is 11.5 Å². The Morgan fingerprint density at radius 3 is 2.80 bits per heavy atom. The zero-order chi connectivity index (χ0) is 14.5. The molecule has 2 N–H and O–H groups in total. The highest BCUT2D eigenvalue weighted by Crippen LogP contribution is 2.32. The van der Waals surface area contributed by atoms with Crippen molar-refractivity contribution in [2.75, 3.05) is 13.4 Å². The molecule has 0 unspecified atom stereocenters. The van der Waals surface area contributed by atoms with Gasteiger partial charge >= 0.3 is 0 Å². The van der Waals surface area contributed by atoms with Gasteiger partial charge in [0, 0.05) is 6.42 Å². The predicted octanol–water partition coefficient (Wildman–Crippen LogP) is 1.48. The number of amides is 1. The van der Waals surface area contributed by atoms with E-state index >= 15 is 0 Å². The Morgan fingerprint density at radius 2 is 2.10 bits per heavy atom. The van der Waals surface area contributed by atoms with Crippen molar-refractivity contribution < 1.29 is 19.4 Å². The monoisotopic (exact) mass is 279 g/mol. The molecule has 1 aromatic rings. The molecule has 0 aromatic heterocycles. The molecule has 0 bridgehead atoms. The first-order valence-electron chi connectivity index (χ1n) is 6.89. The number of fused-ring (bicyclic) bond motifs is 1. The van der Waals surface area contributed by atoms with Crippen molar-refractivity contribution in [3.63, 3.8) is 0 Å². The second-order valence-corrected chi connectivity index (χ2v) is 5.29. The van der Waals surface area contributed by atoms with Gasteiger partial charge in [-0.3, -0.25) is 4.79 Å². The number of aliphatic hydroxyl groups is 1. The predicted molar refractivity (Wildman–Crippen MR) is 74.7 cm³/mol. The molecule has 5 heteroatoms. The van der Waals surface area contributed by atoms with Gasteiger partial charge in [0.05, 0.1) is 12.6 Å². The summed E-state index contributed by atoms with van der Waals surface area (Å²) in [6.45, 7) is 4.16. The van der Waals surface area contributed by atoms with Crippen LogP contribution in [0.15, 0.2) is 18.2 Å². The van der Waals surface area contributed by atoms with Crippen LogP contribution in [0.5, 0.6) is 11.5 Å². The molecule has 1 aromatic carbocycles. The number of rotatable bonds is 6. The standard InChI is InChI=1S/C15H21NO4/c1-10(2)12(8-17)16-15(18)6-4-11-3-5-13-14(7-11)20-9-19-13/h3,5,7,10,12,17H,4,6,8-9H2,1-2H3,(H,16,18)/t12-/m1/s1. The van der Waals surface area contributed by atoms with E-state index in [-0.39, 0.29) is 31.3 Å². The zero-order valence-electron chi connectivity index (χ0n) is 11.9. The fourth-order valence-electron chi connectivity index (χ4n) is 2.06. The molecule has 1 aliphatic heterocycles. The van der Waals surface area contributed by atoms with E-state index in [1.807, 2.05) is 32.0 Å². The van der Waals surface area contributed by atoms with Gasteiger partial charge in [-0.05, 0) is 30.0 Å². The highest BCUT2D eigenvalue weighted by molar-refractivity contribution is 5.76. The molecule has 1 heterocycles. The van der Waals surface area contributed by atoms with Gasteiger partial charge in [0.1, 0.15) is 0 Å².